The number of hydrogen-bond donors (Lipinski definition) is 2. The number of rotatable bonds is 3. The van der Waals surface area contributed by atoms with Crippen LogP contribution >= 0.6 is 22.6 Å². The fraction of sp³-hybridized carbons (Fsp3) is 0.222. The van der Waals surface area contributed by atoms with Crippen LogP contribution in [0.5, 0.6) is 0 Å². The van der Waals surface area contributed by atoms with Crippen LogP contribution < -0.4 is 5.73 Å². The fourth-order valence-electron chi connectivity index (χ4n) is 1.04. The quantitative estimate of drug-likeness (QED) is 0.834. The predicted molar refractivity (Wildman–Crippen MR) is 58.3 cm³/mol. The molecule has 0 saturated carbocycles. The highest BCUT2D eigenvalue weighted by molar-refractivity contribution is 14.1. The largest absolute Gasteiger partial charge is 0.481 e. The molecule has 0 heterocycles. The molecule has 0 saturated heterocycles. The molecule has 3 N–H and O–H groups in total. The molecule has 0 aliphatic heterocycles. The second-order valence-corrected chi connectivity index (χ2v) is 4.00. The highest BCUT2D eigenvalue weighted by atomic mass is 127. The SMILES string of the molecule is NC(CC(=O)O)c1cccc(I)c1. The van der Waals surface area contributed by atoms with E-state index in [2.05, 4.69) is 22.6 Å². The van der Waals surface area contributed by atoms with Crippen LogP contribution in [0.4, 0.5) is 0 Å². The zero-order valence-corrected chi connectivity index (χ0v) is 9.06. The third kappa shape index (κ3) is 3.31. The second-order valence-electron chi connectivity index (χ2n) is 2.76. The molecule has 3 nitrogen and oxygen atoms in total. The third-order valence-corrected chi connectivity index (χ3v) is 2.34. The first-order chi connectivity index (χ1) is 6.09. The Bertz CT molecular complexity index is 314. The summed E-state index contributed by atoms with van der Waals surface area (Å²) >= 11 is 2.17. The Labute approximate surface area is 90.1 Å². The van der Waals surface area contributed by atoms with Crippen molar-refractivity contribution < 1.29 is 9.90 Å². The number of hydrogen-bond acceptors (Lipinski definition) is 2. The van der Waals surface area contributed by atoms with Crippen LogP contribution in [0, 0.1) is 3.57 Å². The molecule has 0 amide bonds. The first-order valence-corrected chi connectivity index (χ1v) is 4.90. The average molecular weight is 291 g/mol. The maximum Gasteiger partial charge on any atom is 0.305 e. The molecular formula is C9H10INO2. The lowest BCUT2D eigenvalue weighted by molar-refractivity contribution is -0.137. The molecule has 4 heteroatoms. The zero-order valence-electron chi connectivity index (χ0n) is 6.90. The predicted octanol–water partition coefficient (Wildman–Crippen LogP) is 1.77. The number of carboxylic acids is 1. The number of halogens is 1. The summed E-state index contributed by atoms with van der Waals surface area (Å²) in [5.41, 5.74) is 6.55. The van der Waals surface area contributed by atoms with Crippen molar-refractivity contribution in [1.29, 1.82) is 0 Å². The van der Waals surface area contributed by atoms with Gasteiger partial charge in [0, 0.05) is 9.61 Å². The molecular weight excluding hydrogens is 281 g/mol. The Morgan fingerprint density at radius 3 is 2.85 bits per heavy atom. The summed E-state index contributed by atoms with van der Waals surface area (Å²) in [4.78, 5) is 10.4. The fourth-order valence-corrected chi connectivity index (χ4v) is 1.61. The number of nitrogens with two attached hydrogens (primary N) is 1. The van der Waals surface area contributed by atoms with Crippen molar-refractivity contribution in [3.8, 4) is 0 Å². The van der Waals surface area contributed by atoms with Crippen LogP contribution in [-0.4, -0.2) is 11.1 Å². The summed E-state index contributed by atoms with van der Waals surface area (Å²) < 4.78 is 1.07. The molecule has 1 aromatic carbocycles. The van der Waals surface area contributed by atoms with Crippen LogP contribution in [0.15, 0.2) is 24.3 Å². The summed E-state index contributed by atoms with van der Waals surface area (Å²) in [6.45, 7) is 0. The molecule has 1 aromatic rings. The lowest BCUT2D eigenvalue weighted by atomic mass is 10.1. The smallest absolute Gasteiger partial charge is 0.305 e. The van der Waals surface area contributed by atoms with E-state index in [1.165, 1.54) is 0 Å². The van der Waals surface area contributed by atoms with E-state index >= 15 is 0 Å². The van der Waals surface area contributed by atoms with Crippen LogP contribution in [0.2, 0.25) is 0 Å². The minimum absolute atomic E-state index is 0.0277. The third-order valence-electron chi connectivity index (χ3n) is 1.67. The number of carboxylic acid groups (broad SMARTS) is 1. The summed E-state index contributed by atoms with van der Waals surface area (Å²) in [6.07, 6.45) is -0.0277. The van der Waals surface area contributed by atoms with Gasteiger partial charge < -0.3 is 10.8 Å². The van der Waals surface area contributed by atoms with Gasteiger partial charge in [-0.25, -0.2) is 0 Å². The molecule has 0 spiro atoms. The Morgan fingerprint density at radius 2 is 2.31 bits per heavy atom. The highest BCUT2D eigenvalue weighted by Gasteiger charge is 2.09. The summed E-state index contributed by atoms with van der Waals surface area (Å²) in [5, 5.41) is 8.53. The van der Waals surface area contributed by atoms with Gasteiger partial charge in [-0.2, -0.15) is 0 Å². The Morgan fingerprint density at radius 1 is 1.62 bits per heavy atom. The molecule has 1 unspecified atom stereocenters. The highest BCUT2D eigenvalue weighted by Crippen LogP contribution is 2.16. The van der Waals surface area contributed by atoms with Crippen molar-refractivity contribution in [2.75, 3.05) is 0 Å². The van der Waals surface area contributed by atoms with Gasteiger partial charge in [-0.1, -0.05) is 12.1 Å². The maximum absolute atomic E-state index is 10.4. The first-order valence-electron chi connectivity index (χ1n) is 3.82. The van der Waals surface area contributed by atoms with E-state index in [4.69, 9.17) is 10.8 Å². The Hall–Kier alpha value is -0.620. The summed E-state index contributed by atoms with van der Waals surface area (Å²) in [5.74, 6) is -0.869. The van der Waals surface area contributed by atoms with Crippen molar-refractivity contribution in [3.05, 3.63) is 33.4 Å². The van der Waals surface area contributed by atoms with Crippen molar-refractivity contribution in [2.45, 2.75) is 12.5 Å². The molecule has 0 aliphatic carbocycles. The van der Waals surface area contributed by atoms with Crippen molar-refractivity contribution in [3.63, 3.8) is 0 Å². The summed E-state index contributed by atoms with van der Waals surface area (Å²) in [7, 11) is 0. The molecule has 1 rings (SSSR count). The van der Waals surface area contributed by atoms with Gasteiger partial charge in [-0.15, -0.1) is 0 Å². The van der Waals surface area contributed by atoms with Gasteiger partial charge in [-0.3, -0.25) is 4.79 Å². The molecule has 0 radical (unpaired) electrons. The minimum atomic E-state index is -0.869. The van der Waals surface area contributed by atoms with Gasteiger partial charge in [0.05, 0.1) is 6.42 Å². The van der Waals surface area contributed by atoms with Gasteiger partial charge in [-0.05, 0) is 40.3 Å². The van der Waals surface area contributed by atoms with E-state index in [9.17, 15) is 4.79 Å². The maximum atomic E-state index is 10.4. The molecule has 0 bridgehead atoms. The van der Waals surface area contributed by atoms with E-state index in [1.54, 1.807) is 0 Å². The normalized spacial score (nSPS) is 12.5. The lowest BCUT2D eigenvalue weighted by Gasteiger charge is -2.08. The van der Waals surface area contributed by atoms with Crippen LogP contribution in [0.25, 0.3) is 0 Å². The lowest BCUT2D eigenvalue weighted by Crippen LogP contribution is -2.14. The number of benzene rings is 1. The van der Waals surface area contributed by atoms with E-state index in [1.807, 2.05) is 24.3 Å². The topological polar surface area (TPSA) is 63.3 Å². The van der Waals surface area contributed by atoms with E-state index in [0.717, 1.165) is 9.13 Å². The molecule has 0 aliphatic rings. The van der Waals surface area contributed by atoms with E-state index in [0.29, 0.717) is 0 Å². The molecule has 70 valence electrons. The van der Waals surface area contributed by atoms with Crippen molar-refractivity contribution in [1.82, 2.24) is 0 Å². The molecule has 13 heavy (non-hydrogen) atoms. The standard InChI is InChI=1S/C9H10INO2/c10-7-3-1-2-6(4-7)8(11)5-9(12)13/h1-4,8H,5,11H2,(H,12,13). The number of aliphatic carboxylic acids is 1. The van der Waals surface area contributed by atoms with Gasteiger partial charge in [0.1, 0.15) is 0 Å². The van der Waals surface area contributed by atoms with Crippen molar-refractivity contribution in [2.24, 2.45) is 5.73 Å². The monoisotopic (exact) mass is 291 g/mol. The van der Waals surface area contributed by atoms with Crippen LogP contribution in [-0.2, 0) is 4.79 Å². The Balaban J connectivity index is 2.76. The first kappa shape index (κ1) is 10.5. The summed E-state index contributed by atoms with van der Waals surface area (Å²) in [6, 6.07) is 7.15. The second kappa shape index (κ2) is 4.57. The average Bonchev–Trinajstić information content (AvgIpc) is 2.03. The molecule has 0 fully saturated rings. The van der Waals surface area contributed by atoms with Gasteiger partial charge in [0.2, 0.25) is 0 Å². The number of carbonyl (C=O) groups is 1. The van der Waals surface area contributed by atoms with Gasteiger partial charge >= 0.3 is 5.97 Å². The minimum Gasteiger partial charge on any atom is -0.481 e. The van der Waals surface area contributed by atoms with E-state index < -0.39 is 12.0 Å². The molecule has 1 atom stereocenters. The van der Waals surface area contributed by atoms with Gasteiger partial charge in [0.15, 0.2) is 0 Å². The van der Waals surface area contributed by atoms with Crippen LogP contribution in [0.3, 0.4) is 0 Å². The van der Waals surface area contributed by atoms with Crippen LogP contribution in [0.1, 0.15) is 18.0 Å². The van der Waals surface area contributed by atoms with Gasteiger partial charge in [0.25, 0.3) is 0 Å². The van der Waals surface area contributed by atoms with Crippen molar-refractivity contribution >= 4 is 28.6 Å². The van der Waals surface area contributed by atoms with E-state index in [-0.39, 0.29) is 6.42 Å². The Kier molecular flexibility index (Phi) is 3.68. The molecule has 0 aromatic heterocycles. The zero-order chi connectivity index (χ0) is 9.84.